The Morgan fingerprint density at radius 1 is 0.889 bits per heavy atom. The molecule has 0 aliphatic heterocycles. The van der Waals surface area contributed by atoms with E-state index >= 15 is 0 Å². The maximum Gasteiger partial charge on any atom is 0.226 e. The molecule has 2 heterocycles. The summed E-state index contributed by atoms with van der Waals surface area (Å²) >= 11 is 1.66. The Hall–Kier alpha value is -3.12. The number of nitrogens with zero attached hydrogens (tertiary/aromatic N) is 3. The zero-order valence-corrected chi connectivity index (χ0v) is 15.4. The highest BCUT2D eigenvalue weighted by molar-refractivity contribution is 7.98. The predicted molar refractivity (Wildman–Crippen MR) is 107 cm³/mol. The zero-order valence-electron chi connectivity index (χ0n) is 14.6. The lowest BCUT2D eigenvalue weighted by atomic mass is 10.2. The van der Waals surface area contributed by atoms with Gasteiger partial charge in [0.1, 0.15) is 17.1 Å². The van der Waals surface area contributed by atoms with Gasteiger partial charge in [0.15, 0.2) is 0 Å². The van der Waals surface area contributed by atoms with Crippen molar-refractivity contribution >= 4 is 17.6 Å². The highest BCUT2D eigenvalue weighted by Gasteiger charge is 2.07. The Kier molecular flexibility index (Phi) is 5.45. The van der Waals surface area contributed by atoms with E-state index in [-0.39, 0.29) is 0 Å². The molecule has 134 valence electrons. The average Bonchev–Trinajstić information content (AvgIpc) is 3.22. The normalized spacial score (nSPS) is 10.7. The maximum atomic E-state index is 5.56. The minimum atomic E-state index is 0.526. The molecule has 2 aromatic carbocycles. The van der Waals surface area contributed by atoms with E-state index in [1.165, 1.54) is 5.56 Å². The molecule has 0 atom stereocenters. The highest BCUT2D eigenvalue weighted by Crippen LogP contribution is 2.22. The predicted octanol–water partition coefficient (Wildman–Crippen LogP) is 5.04. The van der Waals surface area contributed by atoms with Gasteiger partial charge in [-0.25, -0.2) is 9.97 Å². The molecule has 2 aromatic heterocycles. The summed E-state index contributed by atoms with van der Waals surface area (Å²) in [5.74, 6) is 2.20. The van der Waals surface area contributed by atoms with Crippen molar-refractivity contribution in [3.8, 4) is 11.5 Å². The van der Waals surface area contributed by atoms with Crippen molar-refractivity contribution in [2.75, 3.05) is 5.32 Å². The molecule has 0 bridgehead atoms. The smallest absolute Gasteiger partial charge is 0.226 e. The summed E-state index contributed by atoms with van der Waals surface area (Å²) < 4.78 is 5.56. The van der Waals surface area contributed by atoms with Gasteiger partial charge in [-0.3, -0.25) is 4.98 Å². The number of nitrogens with one attached hydrogen (secondary N) is 1. The van der Waals surface area contributed by atoms with E-state index in [1.54, 1.807) is 30.4 Å². The second kappa shape index (κ2) is 8.51. The van der Waals surface area contributed by atoms with Crippen LogP contribution in [0.3, 0.4) is 0 Å². The first-order valence-electron chi connectivity index (χ1n) is 8.59. The van der Waals surface area contributed by atoms with Gasteiger partial charge in [0.25, 0.3) is 0 Å². The molecular weight excluding hydrogens is 356 g/mol. The zero-order chi connectivity index (χ0) is 18.3. The lowest BCUT2D eigenvalue weighted by molar-refractivity contribution is 0.573. The third-order valence-corrected chi connectivity index (χ3v) is 4.84. The summed E-state index contributed by atoms with van der Waals surface area (Å²) in [4.78, 5) is 13.4. The summed E-state index contributed by atoms with van der Waals surface area (Å²) in [6.45, 7) is 0.526. The van der Waals surface area contributed by atoms with Crippen LogP contribution in [0.4, 0.5) is 5.82 Å². The second-order valence-electron chi connectivity index (χ2n) is 5.88. The van der Waals surface area contributed by atoms with Crippen molar-refractivity contribution in [3.63, 3.8) is 0 Å². The van der Waals surface area contributed by atoms with Crippen molar-refractivity contribution in [3.05, 3.63) is 90.6 Å². The number of thioether (sulfide) groups is 1. The van der Waals surface area contributed by atoms with Gasteiger partial charge in [-0.2, -0.15) is 0 Å². The molecule has 0 radical (unpaired) electrons. The average molecular weight is 374 g/mol. The van der Waals surface area contributed by atoms with Gasteiger partial charge in [0.2, 0.25) is 5.89 Å². The van der Waals surface area contributed by atoms with Crippen LogP contribution in [0, 0.1) is 0 Å². The fourth-order valence-electron chi connectivity index (χ4n) is 2.52. The molecule has 5 nitrogen and oxygen atoms in total. The molecule has 0 unspecified atom stereocenters. The van der Waals surface area contributed by atoms with Crippen molar-refractivity contribution in [1.29, 1.82) is 0 Å². The molecule has 0 saturated heterocycles. The minimum Gasteiger partial charge on any atom is -0.444 e. The van der Waals surface area contributed by atoms with Crippen LogP contribution in [0.1, 0.15) is 11.3 Å². The molecule has 0 spiro atoms. The second-order valence-corrected chi connectivity index (χ2v) is 6.88. The van der Waals surface area contributed by atoms with E-state index in [1.807, 2.05) is 48.5 Å². The fraction of sp³-hybridized carbons (Fsp3) is 0.0952. The molecule has 1 N–H and O–H groups in total. The van der Waals surface area contributed by atoms with Crippen LogP contribution in [0.2, 0.25) is 0 Å². The van der Waals surface area contributed by atoms with Gasteiger partial charge in [-0.1, -0.05) is 48.5 Å². The summed E-state index contributed by atoms with van der Waals surface area (Å²) in [6.07, 6.45) is 5.16. The van der Waals surface area contributed by atoms with Crippen LogP contribution >= 0.6 is 11.8 Å². The number of hydrogen-bond donors (Lipinski definition) is 1. The number of anilines is 1. The minimum absolute atomic E-state index is 0.526. The summed E-state index contributed by atoms with van der Waals surface area (Å²) in [5.41, 5.74) is 3.04. The molecule has 0 aliphatic carbocycles. The quantitative estimate of drug-likeness (QED) is 0.457. The van der Waals surface area contributed by atoms with Crippen LogP contribution in [0.25, 0.3) is 11.5 Å². The number of aromatic nitrogens is 3. The summed E-state index contributed by atoms with van der Waals surface area (Å²) in [7, 11) is 0. The van der Waals surface area contributed by atoms with Crippen molar-refractivity contribution in [1.82, 2.24) is 15.0 Å². The standard InChI is InChI=1S/C21H18N4OS/c1-3-7-16(8-4-1)15-27-20-13-22-12-19(25-20)23-11-18-14-26-21(24-18)17-9-5-2-6-10-17/h1-10,12-14H,11,15H2,(H,23,25). The Balaban J connectivity index is 1.35. The maximum absolute atomic E-state index is 5.56. The summed E-state index contributed by atoms with van der Waals surface area (Å²) in [6, 6.07) is 20.2. The molecule has 0 amide bonds. The van der Waals surface area contributed by atoms with E-state index < -0.39 is 0 Å². The monoisotopic (exact) mass is 374 g/mol. The first kappa shape index (κ1) is 17.3. The van der Waals surface area contributed by atoms with Gasteiger partial charge in [0.05, 0.1) is 24.6 Å². The van der Waals surface area contributed by atoms with Crippen LogP contribution in [0.15, 0.2) is 88.8 Å². The third-order valence-electron chi connectivity index (χ3n) is 3.87. The fourth-order valence-corrected chi connectivity index (χ4v) is 3.32. The third kappa shape index (κ3) is 4.74. The van der Waals surface area contributed by atoms with Crippen molar-refractivity contribution in [2.45, 2.75) is 17.3 Å². The van der Waals surface area contributed by atoms with Gasteiger partial charge < -0.3 is 9.73 Å². The number of benzene rings is 2. The molecule has 6 heteroatoms. The van der Waals surface area contributed by atoms with Crippen LogP contribution < -0.4 is 5.32 Å². The van der Waals surface area contributed by atoms with E-state index in [9.17, 15) is 0 Å². The van der Waals surface area contributed by atoms with Gasteiger partial charge in [0, 0.05) is 11.3 Å². The van der Waals surface area contributed by atoms with Crippen LogP contribution in [-0.4, -0.2) is 15.0 Å². The number of oxazole rings is 1. The first-order chi connectivity index (χ1) is 13.4. The molecule has 0 saturated carbocycles. The Morgan fingerprint density at radius 2 is 1.67 bits per heavy atom. The lowest BCUT2D eigenvalue weighted by Gasteiger charge is -2.05. The number of hydrogen-bond acceptors (Lipinski definition) is 6. The Labute approximate surface area is 161 Å². The largest absolute Gasteiger partial charge is 0.444 e. The van der Waals surface area contributed by atoms with E-state index in [4.69, 9.17) is 4.42 Å². The summed E-state index contributed by atoms with van der Waals surface area (Å²) in [5, 5.41) is 4.14. The number of rotatable bonds is 7. The van der Waals surface area contributed by atoms with E-state index in [2.05, 4.69) is 32.4 Å². The molecule has 0 fully saturated rings. The van der Waals surface area contributed by atoms with Crippen molar-refractivity contribution < 1.29 is 4.42 Å². The van der Waals surface area contributed by atoms with Crippen LogP contribution in [0.5, 0.6) is 0 Å². The molecule has 0 aliphatic rings. The lowest BCUT2D eigenvalue weighted by Crippen LogP contribution is -2.02. The molecule has 27 heavy (non-hydrogen) atoms. The van der Waals surface area contributed by atoms with E-state index in [0.717, 1.165) is 27.9 Å². The van der Waals surface area contributed by atoms with Gasteiger partial charge in [-0.05, 0) is 17.7 Å². The Bertz CT molecular complexity index is 989. The van der Waals surface area contributed by atoms with Gasteiger partial charge >= 0.3 is 0 Å². The highest BCUT2D eigenvalue weighted by atomic mass is 32.2. The molecule has 4 aromatic rings. The SMILES string of the molecule is c1ccc(CSc2cncc(NCc3coc(-c4ccccc4)n3)n2)cc1. The topological polar surface area (TPSA) is 63.8 Å². The molecular formula is C21H18N4OS. The first-order valence-corrected chi connectivity index (χ1v) is 9.58. The van der Waals surface area contributed by atoms with E-state index in [0.29, 0.717) is 12.4 Å². The Morgan fingerprint density at radius 3 is 2.48 bits per heavy atom. The van der Waals surface area contributed by atoms with Crippen molar-refractivity contribution in [2.24, 2.45) is 0 Å². The van der Waals surface area contributed by atoms with Gasteiger partial charge in [-0.15, -0.1) is 11.8 Å². The molecule has 4 rings (SSSR count). The van der Waals surface area contributed by atoms with Crippen LogP contribution in [-0.2, 0) is 12.3 Å².